The molecule has 32 heavy (non-hydrogen) atoms. The first-order valence-electron chi connectivity index (χ1n) is 9.29. The number of furan rings is 1. The van der Waals surface area contributed by atoms with Gasteiger partial charge in [-0.05, 0) is 36.0 Å². The van der Waals surface area contributed by atoms with Crippen molar-refractivity contribution >= 4 is 34.7 Å². The molecule has 0 atom stereocenters. The minimum Gasteiger partial charge on any atom is -0.496 e. The third-order valence-electron chi connectivity index (χ3n) is 4.72. The SMILES string of the molecule is COc1cc([N+](=O)[O-])ccc1-c1ccc(/C=C2/SC(=O)N(Cc3ccccc3F)C2=O)o1. The van der Waals surface area contributed by atoms with E-state index in [2.05, 4.69) is 0 Å². The van der Waals surface area contributed by atoms with Gasteiger partial charge in [0, 0.05) is 17.7 Å². The van der Waals surface area contributed by atoms with E-state index in [1.807, 2.05) is 0 Å². The molecule has 0 N–H and O–H groups in total. The number of non-ortho nitro benzene ring substituents is 1. The zero-order valence-corrected chi connectivity index (χ0v) is 17.4. The van der Waals surface area contributed by atoms with Gasteiger partial charge in [-0.2, -0.15) is 0 Å². The number of hydrogen-bond acceptors (Lipinski definition) is 7. The Labute approximate surface area is 185 Å². The first-order chi connectivity index (χ1) is 15.4. The van der Waals surface area contributed by atoms with E-state index in [1.54, 1.807) is 18.2 Å². The predicted octanol–water partition coefficient (Wildman–Crippen LogP) is 5.24. The van der Waals surface area contributed by atoms with Gasteiger partial charge >= 0.3 is 0 Å². The van der Waals surface area contributed by atoms with E-state index < -0.39 is 21.9 Å². The van der Waals surface area contributed by atoms with Crippen LogP contribution in [0.3, 0.4) is 0 Å². The number of methoxy groups -OCH3 is 1. The fourth-order valence-corrected chi connectivity index (χ4v) is 3.95. The summed E-state index contributed by atoms with van der Waals surface area (Å²) in [6, 6.07) is 13.3. The average Bonchev–Trinajstić information content (AvgIpc) is 3.34. The number of rotatable bonds is 6. The summed E-state index contributed by atoms with van der Waals surface area (Å²) < 4.78 is 24.9. The Morgan fingerprint density at radius 2 is 1.97 bits per heavy atom. The molecule has 1 fully saturated rings. The molecule has 0 aliphatic carbocycles. The van der Waals surface area contributed by atoms with Crippen molar-refractivity contribution in [2.24, 2.45) is 0 Å². The lowest BCUT2D eigenvalue weighted by Crippen LogP contribution is -2.27. The summed E-state index contributed by atoms with van der Waals surface area (Å²) in [4.78, 5) is 36.5. The van der Waals surface area contributed by atoms with E-state index >= 15 is 0 Å². The maximum Gasteiger partial charge on any atom is 0.293 e. The van der Waals surface area contributed by atoms with Gasteiger partial charge in [-0.15, -0.1) is 0 Å². The van der Waals surface area contributed by atoms with Crippen LogP contribution in [0.5, 0.6) is 5.75 Å². The molecule has 0 saturated carbocycles. The van der Waals surface area contributed by atoms with Gasteiger partial charge in [-0.3, -0.25) is 24.6 Å². The van der Waals surface area contributed by atoms with Crippen molar-refractivity contribution in [2.75, 3.05) is 7.11 Å². The van der Waals surface area contributed by atoms with Crippen molar-refractivity contribution in [1.29, 1.82) is 0 Å². The molecule has 8 nitrogen and oxygen atoms in total. The molecule has 10 heteroatoms. The predicted molar refractivity (Wildman–Crippen MR) is 115 cm³/mol. The molecule has 1 saturated heterocycles. The molecule has 1 aromatic heterocycles. The third-order valence-corrected chi connectivity index (χ3v) is 5.63. The first-order valence-corrected chi connectivity index (χ1v) is 10.1. The molecule has 162 valence electrons. The van der Waals surface area contributed by atoms with Gasteiger partial charge in [-0.1, -0.05) is 18.2 Å². The van der Waals surface area contributed by atoms with Crippen molar-refractivity contribution in [3.05, 3.63) is 86.8 Å². The number of nitro benzene ring substituents is 1. The zero-order chi connectivity index (χ0) is 22.8. The van der Waals surface area contributed by atoms with Gasteiger partial charge in [-0.25, -0.2) is 4.39 Å². The molecular formula is C22H15FN2O6S. The van der Waals surface area contributed by atoms with Crippen LogP contribution in [-0.4, -0.2) is 28.1 Å². The first kappa shape index (κ1) is 21.3. The molecule has 1 aliphatic rings. The van der Waals surface area contributed by atoms with E-state index in [1.165, 1.54) is 49.6 Å². The molecule has 4 rings (SSSR count). The maximum atomic E-state index is 13.9. The summed E-state index contributed by atoms with van der Waals surface area (Å²) >= 11 is 0.736. The molecule has 0 unspecified atom stereocenters. The van der Waals surface area contributed by atoms with Gasteiger partial charge in [0.05, 0.1) is 35.1 Å². The van der Waals surface area contributed by atoms with E-state index in [4.69, 9.17) is 9.15 Å². The van der Waals surface area contributed by atoms with Crippen molar-refractivity contribution < 1.29 is 28.1 Å². The van der Waals surface area contributed by atoms with Crippen molar-refractivity contribution in [2.45, 2.75) is 6.54 Å². The quantitative estimate of drug-likeness (QED) is 0.285. The van der Waals surface area contributed by atoms with Crippen molar-refractivity contribution in [3.8, 4) is 17.1 Å². The second-order valence-electron chi connectivity index (χ2n) is 6.70. The number of carbonyl (C=O) groups is 2. The number of carbonyl (C=O) groups excluding carboxylic acids is 2. The van der Waals surface area contributed by atoms with Crippen LogP contribution in [-0.2, 0) is 11.3 Å². The zero-order valence-electron chi connectivity index (χ0n) is 16.6. The summed E-state index contributed by atoms with van der Waals surface area (Å²) in [6.07, 6.45) is 1.42. The van der Waals surface area contributed by atoms with Crippen LogP contribution in [0.4, 0.5) is 14.9 Å². The number of amides is 2. The highest BCUT2D eigenvalue weighted by Crippen LogP contribution is 2.37. The smallest absolute Gasteiger partial charge is 0.293 e. The largest absolute Gasteiger partial charge is 0.496 e. The summed E-state index contributed by atoms with van der Waals surface area (Å²) in [5.41, 5.74) is 0.605. The Morgan fingerprint density at radius 3 is 2.69 bits per heavy atom. The molecule has 2 amide bonds. The van der Waals surface area contributed by atoms with Crippen LogP contribution in [0.15, 0.2) is 63.9 Å². The van der Waals surface area contributed by atoms with E-state index in [0.29, 0.717) is 17.1 Å². The number of imide groups is 1. The molecule has 0 bridgehead atoms. The number of thioether (sulfide) groups is 1. The molecule has 1 aliphatic heterocycles. The van der Waals surface area contributed by atoms with E-state index in [0.717, 1.165) is 16.7 Å². The number of ether oxygens (including phenoxy) is 1. The summed E-state index contributed by atoms with van der Waals surface area (Å²) in [5.74, 6) is -0.118. The van der Waals surface area contributed by atoms with E-state index in [-0.39, 0.29) is 28.5 Å². The average molecular weight is 454 g/mol. The normalized spacial score (nSPS) is 14.9. The molecular weight excluding hydrogens is 439 g/mol. The minimum atomic E-state index is -0.547. The highest BCUT2D eigenvalue weighted by molar-refractivity contribution is 8.18. The second kappa shape index (κ2) is 8.67. The number of hydrogen-bond donors (Lipinski definition) is 0. The lowest BCUT2D eigenvalue weighted by molar-refractivity contribution is -0.384. The number of benzene rings is 2. The monoisotopic (exact) mass is 454 g/mol. The van der Waals surface area contributed by atoms with Crippen LogP contribution in [0.25, 0.3) is 17.4 Å². The molecule has 0 spiro atoms. The Morgan fingerprint density at radius 1 is 1.19 bits per heavy atom. The Hall–Kier alpha value is -3.92. The Bertz CT molecular complexity index is 1270. The van der Waals surface area contributed by atoms with Gasteiger partial charge in [0.15, 0.2) is 0 Å². The minimum absolute atomic E-state index is 0.124. The van der Waals surface area contributed by atoms with Crippen LogP contribution in [0, 0.1) is 15.9 Å². The van der Waals surface area contributed by atoms with Crippen LogP contribution >= 0.6 is 11.8 Å². The van der Waals surface area contributed by atoms with Gasteiger partial charge in [0.2, 0.25) is 0 Å². The molecule has 3 aromatic rings. The van der Waals surface area contributed by atoms with Crippen LogP contribution in [0.1, 0.15) is 11.3 Å². The number of halogens is 1. The standard InChI is InChI=1S/C22H15FN2O6S/c1-30-19-10-14(25(28)29)6-8-16(19)18-9-7-15(31-18)11-20-21(26)24(22(27)32-20)12-13-4-2-3-5-17(13)23/h2-11H,12H2,1H3/b20-11+. The lowest BCUT2D eigenvalue weighted by Gasteiger charge is -2.12. The fraction of sp³-hybridized carbons (Fsp3) is 0.0909. The van der Waals surface area contributed by atoms with Gasteiger partial charge < -0.3 is 9.15 Å². The molecule has 0 radical (unpaired) electrons. The van der Waals surface area contributed by atoms with Gasteiger partial charge in [0.25, 0.3) is 16.8 Å². The fourth-order valence-electron chi connectivity index (χ4n) is 3.13. The maximum absolute atomic E-state index is 13.9. The highest BCUT2D eigenvalue weighted by atomic mass is 32.2. The van der Waals surface area contributed by atoms with Crippen molar-refractivity contribution in [1.82, 2.24) is 4.90 Å². The highest BCUT2D eigenvalue weighted by Gasteiger charge is 2.35. The topological polar surface area (TPSA) is 103 Å². The lowest BCUT2D eigenvalue weighted by atomic mass is 10.1. The molecule has 2 heterocycles. The molecule has 2 aromatic carbocycles. The van der Waals surface area contributed by atoms with Gasteiger partial charge in [0.1, 0.15) is 23.1 Å². The number of nitro groups is 1. The summed E-state index contributed by atoms with van der Waals surface area (Å²) in [6.45, 7) is -0.169. The summed E-state index contributed by atoms with van der Waals surface area (Å²) in [7, 11) is 1.39. The Balaban J connectivity index is 1.57. The van der Waals surface area contributed by atoms with Crippen LogP contribution < -0.4 is 4.74 Å². The third kappa shape index (κ3) is 4.12. The summed E-state index contributed by atoms with van der Waals surface area (Å²) in [5, 5.41) is 10.5. The van der Waals surface area contributed by atoms with Crippen LogP contribution in [0.2, 0.25) is 0 Å². The number of nitrogens with zero attached hydrogens (tertiary/aromatic N) is 2. The van der Waals surface area contributed by atoms with E-state index in [9.17, 15) is 24.1 Å². The second-order valence-corrected chi connectivity index (χ2v) is 7.70. The van der Waals surface area contributed by atoms with Crippen molar-refractivity contribution in [3.63, 3.8) is 0 Å². The Kier molecular flexibility index (Phi) is 5.78.